The van der Waals surface area contributed by atoms with Gasteiger partial charge >= 0.3 is 0 Å². The SMILES string of the molecule is COc1ccc(N(C)CCCC(C)=O)c(C)c1C. The van der Waals surface area contributed by atoms with Crippen LogP contribution < -0.4 is 9.64 Å². The van der Waals surface area contributed by atoms with Crippen LogP contribution in [0, 0.1) is 13.8 Å². The van der Waals surface area contributed by atoms with Crippen LogP contribution >= 0.6 is 0 Å². The molecular weight excluding hydrogens is 226 g/mol. The van der Waals surface area contributed by atoms with Gasteiger partial charge in [0.25, 0.3) is 0 Å². The number of hydrogen-bond acceptors (Lipinski definition) is 3. The molecule has 100 valence electrons. The van der Waals surface area contributed by atoms with Crippen LogP contribution in [-0.4, -0.2) is 26.5 Å². The zero-order chi connectivity index (χ0) is 13.7. The van der Waals surface area contributed by atoms with Gasteiger partial charge in [-0.1, -0.05) is 0 Å². The number of carbonyl (C=O) groups is 1. The van der Waals surface area contributed by atoms with Crippen LogP contribution in [0.5, 0.6) is 5.75 Å². The average molecular weight is 249 g/mol. The minimum Gasteiger partial charge on any atom is -0.496 e. The van der Waals surface area contributed by atoms with E-state index in [4.69, 9.17) is 4.74 Å². The number of methoxy groups -OCH3 is 1. The zero-order valence-electron chi connectivity index (χ0n) is 12.0. The lowest BCUT2D eigenvalue weighted by Crippen LogP contribution is -2.20. The zero-order valence-corrected chi connectivity index (χ0v) is 12.0. The van der Waals surface area contributed by atoms with Gasteiger partial charge in [0, 0.05) is 25.7 Å². The normalized spacial score (nSPS) is 10.3. The van der Waals surface area contributed by atoms with Crippen molar-refractivity contribution < 1.29 is 9.53 Å². The fourth-order valence-electron chi connectivity index (χ4n) is 2.10. The second-order valence-corrected chi connectivity index (χ2v) is 4.76. The van der Waals surface area contributed by atoms with Gasteiger partial charge in [-0.2, -0.15) is 0 Å². The number of ketones is 1. The second kappa shape index (κ2) is 6.43. The molecule has 3 nitrogen and oxygen atoms in total. The van der Waals surface area contributed by atoms with Gasteiger partial charge in [0.05, 0.1) is 7.11 Å². The molecule has 0 spiro atoms. The van der Waals surface area contributed by atoms with Crippen LogP contribution in [0.1, 0.15) is 30.9 Å². The molecule has 0 N–H and O–H groups in total. The van der Waals surface area contributed by atoms with E-state index in [1.807, 2.05) is 6.07 Å². The van der Waals surface area contributed by atoms with Crippen molar-refractivity contribution in [3.8, 4) is 5.75 Å². The first kappa shape index (κ1) is 14.6. The van der Waals surface area contributed by atoms with Crippen molar-refractivity contribution >= 4 is 11.5 Å². The molecule has 0 aliphatic heterocycles. The predicted molar refractivity (Wildman–Crippen MR) is 75.7 cm³/mol. The van der Waals surface area contributed by atoms with Crippen LogP contribution in [0.25, 0.3) is 0 Å². The van der Waals surface area contributed by atoms with Crippen LogP contribution in [0.15, 0.2) is 12.1 Å². The number of nitrogens with zero attached hydrogens (tertiary/aromatic N) is 1. The predicted octanol–water partition coefficient (Wildman–Crippen LogP) is 3.12. The molecule has 0 aliphatic carbocycles. The van der Waals surface area contributed by atoms with Crippen LogP contribution in [0.2, 0.25) is 0 Å². The minimum atomic E-state index is 0.256. The van der Waals surface area contributed by atoms with Crippen molar-refractivity contribution in [1.82, 2.24) is 0 Å². The quantitative estimate of drug-likeness (QED) is 0.775. The van der Waals surface area contributed by atoms with E-state index in [0.29, 0.717) is 6.42 Å². The molecule has 18 heavy (non-hydrogen) atoms. The lowest BCUT2D eigenvalue weighted by atomic mass is 10.1. The minimum absolute atomic E-state index is 0.256. The van der Waals surface area contributed by atoms with Gasteiger partial charge in [0.2, 0.25) is 0 Å². The first-order chi connectivity index (χ1) is 8.47. The molecule has 0 unspecified atom stereocenters. The average Bonchev–Trinajstić information content (AvgIpc) is 2.32. The van der Waals surface area contributed by atoms with E-state index in [1.54, 1.807) is 14.0 Å². The molecular formula is C15H23NO2. The molecule has 1 rings (SSSR count). The standard InChI is InChI=1S/C15H23NO2/c1-11(17)7-6-10-16(4)14-8-9-15(18-5)13(3)12(14)2/h8-9H,6-7,10H2,1-5H3. The van der Waals surface area contributed by atoms with Crippen molar-refractivity contribution in [3.05, 3.63) is 23.3 Å². The molecule has 0 atom stereocenters. The molecule has 0 amide bonds. The molecule has 0 saturated heterocycles. The van der Waals surface area contributed by atoms with Gasteiger partial charge in [0.15, 0.2) is 0 Å². The highest BCUT2D eigenvalue weighted by atomic mass is 16.5. The molecule has 0 aromatic heterocycles. The van der Waals surface area contributed by atoms with Crippen LogP contribution in [0.3, 0.4) is 0 Å². The van der Waals surface area contributed by atoms with E-state index in [0.717, 1.165) is 18.7 Å². The summed E-state index contributed by atoms with van der Waals surface area (Å²) in [5.74, 6) is 1.18. The maximum absolute atomic E-state index is 10.9. The number of anilines is 1. The maximum Gasteiger partial charge on any atom is 0.129 e. The Morgan fingerprint density at radius 2 is 1.94 bits per heavy atom. The first-order valence-electron chi connectivity index (χ1n) is 6.32. The first-order valence-corrected chi connectivity index (χ1v) is 6.32. The van der Waals surface area contributed by atoms with Gasteiger partial charge in [-0.05, 0) is 50.5 Å². The Bertz CT molecular complexity index is 427. The lowest BCUT2D eigenvalue weighted by molar-refractivity contribution is -0.117. The number of hydrogen-bond donors (Lipinski definition) is 0. The second-order valence-electron chi connectivity index (χ2n) is 4.76. The largest absolute Gasteiger partial charge is 0.496 e. The topological polar surface area (TPSA) is 29.5 Å². The number of Topliss-reactive ketones (excluding diaryl/α,β-unsaturated/α-hetero) is 1. The Balaban J connectivity index is 2.77. The molecule has 0 fully saturated rings. The van der Waals surface area contributed by atoms with Gasteiger partial charge < -0.3 is 14.4 Å². The van der Waals surface area contributed by atoms with E-state index in [9.17, 15) is 4.79 Å². The van der Waals surface area contributed by atoms with Crippen LogP contribution in [0.4, 0.5) is 5.69 Å². The van der Waals surface area contributed by atoms with Gasteiger partial charge in [0.1, 0.15) is 11.5 Å². The summed E-state index contributed by atoms with van der Waals surface area (Å²) in [5.41, 5.74) is 3.62. The summed E-state index contributed by atoms with van der Waals surface area (Å²) in [4.78, 5) is 13.1. The summed E-state index contributed by atoms with van der Waals surface area (Å²) < 4.78 is 5.31. The fraction of sp³-hybridized carbons (Fsp3) is 0.533. The summed E-state index contributed by atoms with van der Waals surface area (Å²) in [6.45, 7) is 6.71. The van der Waals surface area contributed by atoms with Crippen LogP contribution in [-0.2, 0) is 4.79 Å². The van der Waals surface area contributed by atoms with E-state index < -0.39 is 0 Å². The number of carbonyl (C=O) groups excluding carboxylic acids is 1. The third-order valence-electron chi connectivity index (χ3n) is 3.36. The Labute approximate surface area is 110 Å². The van der Waals surface area contributed by atoms with Crippen molar-refractivity contribution in [3.63, 3.8) is 0 Å². The highest BCUT2D eigenvalue weighted by molar-refractivity contribution is 5.75. The monoisotopic (exact) mass is 249 g/mol. The Morgan fingerprint density at radius 1 is 1.28 bits per heavy atom. The maximum atomic E-state index is 10.9. The van der Waals surface area contributed by atoms with E-state index in [-0.39, 0.29) is 5.78 Å². The fourth-order valence-corrected chi connectivity index (χ4v) is 2.10. The molecule has 0 heterocycles. The van der Waals surface area contributed by atoms with Gasteiger partial charge in [-0.25, -0.2) is 0 Å². The summed E-state index contributed by atoms with van der Waals surface area (Å²) in [7, 11) is 3.76. The summed E-state index contributed by atoms with van der Waals surface area (Å²) in [6.07, 6.45) is 1.55. The van der Waals surface area contributed by atoms with Crippen molar-refractivity contribution in [1.29, 1.82) is 0 Å². The Kier molecular flexibility index (Phi) is 5.20. The summed E-state index contributed by atoms with van der Waals surface area (Å²) >= 11 is 0. The summed E-state index contributed by atoms with van der Waals surface area (Å²) in [5, 5.41) is 0. The van der Waals surface area contributed by atoms with Crippen molar-refractivity contribution in [2.45, 2.75) is 33.6 Å². The Hall–Kier alpha value is -1.51. The lowest BCUT2D eigenvalue weighted by Gasteiger charge is -2.23. The molecule has 0 saturated carbocycles. The van der Waals surface area contributed by atoms with E-state index in [1.165, 1.54) is 16.8 Å². The number of ether oxygens (including phenoxy) is 1. The highest BCUT2D eigenvalue weighted by Gasteiger charge is 2.10. The molecule has 0 radical (unpaired) electrons. The van der Waals surface area contributed by atoms with Gasteiger partial charge in [-0.15, -0.1) is 0 Å². The van der Waals surface area contributed by atoms with E-state index >= 15 is 0 Å². The van der Waals surface area contributed by atoms with E-state index in [2.05, 4.69) is 31.9 Å². The third-order valence-corrected chi connectivity index (χ3v) is 3.36. The van der Waals surface area contributed by atoms with Crippen molar-refractivity contribution in [2.75, 3.05) is 25.6 Å². The molecule has 0 aliphatic rings. The van der Waals surface area contributed by atoms with Crippen molar-refractivity contribution in [2.24, 2.45) is 0 Å². The third kappa shape index (κ3) is 3.49. The molecule has 3 heteroatoms. The molecule has 1 aromatic rings. The smallest absolute Gasteiger partial charge is 0.129 e. The highest BCUT2D eigenvalue weighted by Crippen LogP contribution is 2.29. The molecule has 1 aromatic carbocycles. The molecule has 0 bridgehead atoms. The number of benzene rings is 1. The Morgan fingerprint density at radius 3 is 2.50 bits per heavy atom. The number of rotatable bonds is 6. The van der Waals surface area contributed by atoms with Gasteiger partial charge in [-0.3, -0.25) is 0 Å². The summed E-state index contributed by atoms with van der Waals surface area (Å²) in [6, 6.07) is 4.08.